The summed E-state index contributed by atoms with van der Waals surface area (Å²) in [5.74, 6) is 0.480. The lowest BCUT2D eigenvalue weighted by Gasteiger charge is -2.29. The highest BCUT2D eigenvalue weighted by Gasteiger charge is 2.21. The van der Waals surface area contributed by atoms with E-state index in [-0.39, 0.29) is 12.0 Å². The molecular weight excluding hydrogens is 406 g/mol. The summed E-state index contributed by atoms with van der Waals surface area (Å²) >= 11 is 0. The minimum absolute atomic E-state index is 0.0594. The quantitative estimate of drug-likeness (QED) is 0.106. The van der Waals surface area contributed by atoms with Gasteiger partial charge in [0.1, 0.15) is 0 Å². The fourth-order valence-corrected chi connectivity index (χ4v) is 3.61. The van der Waals surface area contributed by atoms with Gasteiger partial charge in [-0.15, -0.1) is 0 Å². The maximum atomic E-state index is 12.6. The minimum Gasteiger partial charge on any atom is -0.330 e. The molecule has 9 heteroatoms. The molecule has 1 fully saturated rings. The van der Waals surface area contributed by atoms with Crippen LogP contribution in [0.3, 0.4) is 0 Å². The Balaban J connectivity index is 1.65. The molecule has 176 valence electrons. The molecule has 4 N–H and O–H groups in total. The second-order valence-electron chi connectivity index (χ2n) is 8.00. The van der Waals surface area contributed by atoms with Gasteiger partial charge in [-0.3, -0.25) is 24.9 Å². The Morgan fingerprint density at radius 3 is 2.66 bits per heavy atom. The van der Waals surface area contributed by atoms with E-state index in [9.17, 15) is 4.79 Å². The van der Waals surface area contributed by atoms with E-state index in [4.69, 9.17) is 15.8 Å². The summed E-state index contributed by atoms with van der Waals surface area (Å²) in [4.78, 5) is 27.0. The Morgan fingerprint density at radius 2 is 1.94 bits per heavy atom. The van der Waals surface area contributed by atoms with Crippen LogP contribution in [0.25, 0.3) is 0 Å². The number of hydrogen-bond acceptors (Lipinski definition) is 6. The van der Waals surface area contributed by atoms with Crippen LogP contribution in [0, 0.1) is 11.5 Å². The van der Waals surface area contributed by atoms with Gasteiger partial charge in [-0.05, 0) is 50.8 Å². The lowest BCUT2D eigenvalue weighted by Crippen LogP contribution is -2.37. The number of nitrogens with zero attached hydrogens (tertiary/aromatic N) is 4. The number of pyridine rings is 1. The van der Waals surface area contributed by atoms with Gasteiger partial charge in [-0.1, -0.05) is 32.1 Å². The molecule has 1 aliphatic carbocycles. The molecule has 0 atom stereocenters. The van der Waals surface area contributed by atoms with Crippen LogP contribution in [-0.4, -0.2) is 47.7 Å². The van der Waals surface area contributed by atoms with Crippen LogP contribution in [-0.2, 0) is 9.63 Å². The summed E-state index contributed by atoms with van der Waals surface area (Å²) in [6, 6.07) is 3.61. The van der Waals surface area contributed by atoms with Gasteiger partial charge in [0.25, 0.3) is 0 Å². The molecule has 0 radical (unpaired) electrons. The van der Waals surface area contributed by atoms with Crippen molar-refractivity contribution in [3.05, 3.63) is 24.5 Å². The number of carbonyl (C=O) groups excluding carboxylic acids is 1. The van der Waals surface area contributed by atoms with E-state index in [1.807, 2.05) is 6.19 Å². The monoisotopic (exact) mass is 443 g/mol. The maximum Gasteiger partial charge on any atom is 0.246 e. The van der Waals surface area contributed by atoms with E-state index >= 15 is 0 Å². The van der Waals surface area contributed by atoms with Gasteiger partial charge in [0.2, 0.25) is 11.9 Å². The van der Waals surface area contributed by atoms with Crippen LogP contribution < -0.4 is 16.4 Å². The number of aliphatic imine (C=N–C) groups is 1. The van der Waals surface area contributed by atoms with Crippen LogP contribution in [0.2, 0.25) is 0 Å². The van der Waals surface area contributed by atoms with Crippen molar-refractivity contribution in [3.63, 3.8) is 0 Å². The number of nitriles is 1. The first kappa shape index (κ1) is 25.6. The Morgan fingerprint density at radius 1 is 1.19 bits per heavy atom. The van der Waals surface area contributed by atoms with Gasteiger partial charge in [-0.25, -0.2) is 5.06 Å². The van der Waals surface area contributed by atoms with Crippen molar-refractivity contribution in [2.24, 2.45) is 10.7 Å². The number of carbonyl (C=O) groups is 1. The van der Waals surface area contributed by atoms with Crippen molar-refractivity contribution in [1.82, 2.24) is 15.4 Å². The van der Waals surface area contributed by atoms with E-state index in [1.165, 1.54) is 19.3 Å². The van der Waals surface area contributed by atoms with E-state index in [0.717, 1.165) is 50.6 Å². The maximum absolute atomic E-state index is 12.6. The van der Waals surface area contributed by atoms with Gasteiger partial charge in [0.15, 0.2) is 6.19 Å². The molecular formula is C23H37N7O2. The molecule has 1 aliphatic rings. The Kier molecular flexibility index (Phi) is 12.8. The van der Waals surface area contributed by atoms with E-state index in [1.54, 1.807) is 29.6 Å². The van der Waals surface area contributed by atoms with Gasteiger partial charge >= 0.3 is 0 Å². The second-order valence-corrected chi connectivity index (χ2v) is 8.00. The van der Waals surface area contributed by atoms with Crippen LogP contribution in [0.4, 0.5) is 5.69 Å². The van der Waals surface area contributed by atoms with Crippen LogP contribution in [0.5, 0.6) is 0 Å². The molecule has 1 saturated carbocycles. The van der Waals surface area contributed by atoms with Crippen molar-refractivity contribution >= 4 is 17.6 Å². The predicted molar refractivity (Wildman–Crippen MR) is 125 cm³/mol. The lowest BCUT2D eigenvalue weighted by molar-refractivity contribution is -0.211. The molecule has 1 heterocycles. The summed E-state index contributed by atoms with van der Waals surface area (Å²) in [6.45, 7) is 1.72. The number of nitrogens with one attached hydrogen (secondary N) is 2. The minimum atomic E-state index is 0.0594. The van der Waals surface area contributed by atoms with Gasteiger partial charge in [0, 0.05) is 37.6 Å². The fraction of sp³-hybridized carbons (Fsp3) is 0.652. The highest BCUT2D eigenvalue weighted by molar-refractivity contribution is 5.94. The third kappa shape index (κ3) is 10.6. The molecule has 0 unspecified atom stereocenters. The molecule has 32 heavy (non-hydrogen) atoms. The summed E-state index contributed by atoms with van der Waals surface area (Å²) in [7, 11) is 0. The van der Waals surface area contributed by atoms with Gasteiger partial charge < -0.3 is 11.1 Å². The van der Waals surface area contributed by atoms with Crippen molar-refractivity contribution in [1.29, 1.82) is 5.26 Å². The summed E-state index contributed by atoms with van der Waals surface area (Å²) in [6.07, 6.45) is 16.0. The molecule has 0 saturated heterocycles. The summed E-state index contributed by atoms with van der Waals surface area (Å²) in [5.41, 5.74) is 6.44. The molecule has 0 aromatic carbocycles. The number of anilines is 1. The second kappa shape index (κ2) is 16.0. The third-order valence-corrected chi connectivity index (χ3v) is 5.36. The van der Waals surface area contributed by atoms with Crippen molar-refractivity contribution in [2.45, 2.75) is 76.7 Å². The number of guanidine groups is 1. The third-order valence-electron chi connectivity index (χ3n) is 5.36. The normalized spacial score (nSPS) is 14.6. The first-order chi connectivity index (χ1) is 15.7. The highest BCUT2D eigenvalue weighted by atomic mass is 16.7. The number of nitrogens with two attached hydrogens (primary N) is 1. The molecule has 1 amide bonds. The average molecular weight is 444 g/mol. The van der Waals surface area contributed by atoms with Crippen LogP contribution in [0.1, 0.15) is 70.6 Å². The van der Waals surface area contributed by atoms with Gasteiger partial charge in [-0.2, -0.15) is 5.26 Å². The Bertz CT molecular complexity index is 715. The number of hydroxylamine groups is 2. The van der Waals surface area contributed by atoms with Crippen molar-refractivity contribution in [2.75, 3.05) is 25.0 Å². The smallest absolute Gasteiger partial charge is 0.246 e. The van der Waals surface area contributed by atoms with Crippen LogP contribution in [0.15, 0.2) is 29.5 Å². The molecule has 0 spiro atoms. The topological polar surface area (TPSA) is 129 Å². The zero-order valence-electron chi connectivity index (χ0n) is 19.0. The van der Waals surface area contributed by atoms with Crippen LogP contribution >= 0.6 is 0 Å². The molecule has 9 nitrogen and oxygen atoms in total. The number of hydrogen-bond donors (Lipinski definition) is 3. The Labute approximate surface area is 191 Å². The summed E-state index contributed by atoms with van der Waals surface area (Å²) < 4.78 is 0. The Hall–Kier alpha value is -2.70. The first-order valence-electron chi connectivity index (χ1n) is 11.8. The van der Waals surface area contributed by atoms with Gasteiger partial charge in [0.05, 0.1) is 6.10 Å². The SMILES string of the molecule is N#CNC(=NCCCCCCC(=O)N(CCCN)OC1CCCCC1)Nc1ccncc1. The molecule has 0 aliphatic heterocycles. The zero-order chi connectivity index (χ0) is 22.9. The molecule has 2 rings (SSSR count). The standard InChI is InChI=1S/C23H37N7O2/c24-14-8-18-30(32-21-9-4-3-5-10-21)22(31)11-6-1-2-7-15-27-23(28-19-25)29-20-12-16-26-17-13-20/h12-13,16-17,21H,1-11,14-15,18,24H2,(H2,26,27,28,29). The lowest BCUT2D eigenvalue weighted by atomic mass is 9.98. The first-order valence-corrected chi connectivity index (χ1v) is 11.8. The van der Waals surface area contributed by atoms with E-state index in [2.05, 4.69) is 20.6 Å². The number of aromatic nitrogens is 1. The van der Waals surface area contributed by atoms with E-state index < -0.39 is 0 Å². The molecule has 1 aromatic heterocycles. The van der Waals surface area contributed by atoms with E-state index in [0.29, 0.717) is 32.0 Å². The largest absolute Gasteiger partial charge is 0.330 e. The molecule has 1 aromatic rings. The molecule has 0 bridgehead atoms. The average Bonchev–Trinajstić information content (AvgIpc) is 2.82. The zero-order valence-corrected chi connectivity index (χ0v) is 19.0. The highest BCUT2D eigenvalue weighted by Crippen LogP contribution is 2.22. The predicted octanol–water partition coefficient (Wildman–Crippen LogP) is 3.31. The fourth-order valence-electron chi connectivity index (χ4n) is 3.61. The van der Waals surface area contributed by atoms with Crippen molar-refractivity contribution < 1.29 is 9.63 Å². The number of amides is 1. The number of unbranched alkanes of at least 4 members (excludes halogenated alkanes) is 3. The summed E-state index contributed by atoms with van der Waals surface area (Å²) in [5, 5.41) is 16.1. The number of rotatable bonds is 13. The van der Waals surface area contributed by atoms with Crippen molar-refractivity contribution in [3.8, 4) is 6.19 Å².